The molecule has 0 fully saturated rings. The zero-order chi connectivity index (χ0) is 12.8. The molecule has 92 valence electrons. The summed E-state index contributed by atoms with van der Waals surface area (Å²) in [5.74, 6) is 0.855. The molecule has 17 heavy (non-hydrogen) atoms. The smallest absolute Gasteiger partial charge is 0.221 e. The van der Waals surface area contributed by atoms with E-state index in [4.69, 9.17) is 9.47 Å². The van der Waals surface area contributed by atoms with Gasteiger partial charge < -0.3 is 19.6 Å². The zero-order valence-corrected chi connectivity index (χ0v) is 10.1. The van der Waals surface area contributed by atoms with Crippen molar-refractivity contribution in [3.8, 4) is 11.5 Å². The average Bonchev–Trinajstić information content (AvgIpc) is 2.30. The first-order valence-corrected chi connectivity index (χ1v) is 5.08. The number of carbonyl (C=O) groups excluding carboxylic acids is 2. The van der Waals surface area contributed by atoms with Gasteiger partial charge >= 0.3 is 0 Å². The average molecular weight is 237 g/mol. The summed E-state index contributed by atoms with van der Waals surface area (Å²) in [6, 6.07) is 3.33. The van der Waals surface area contributed by atoms with Crippen LogP contribution in [0.3, 0.4) is 0 Å². The molecule has 0 aliphatic carbocycles. The van der Waals surface area contributed by atoms with E-state index in [-0.39, 0.29) is 12.3 Å². The van der Waals surface area contributed by atoms with Gasteiger partial charge in [0.25, 0.3) is 0 Å². The van der Waals surface area contributed by atoms with Gasteiger partial charge in [0.05, 0.1) is 19.9 Å². The maximum absolute atomic E-state index is 11.1. The van der Waals surface area contributed by atoms with Crippen molar-refractivity contribution in [3.05, 3.63) is 17.7 Å². The lowest BCUT2D eigenvalue weighted by atomic mass is 10.1. The van der Waals surface area contributed by atoms with E-state index in [9.17, 15) is 9.59 Å². The summed E-state index contributed by atoms with van der Waals surface area (Å²) in [5, 5.41) is 2.65. The second-order valence-corrected chi connectivity index (χ2v) is 3.41. The molecule has 0 bridgehead atoms. The first kappa shape index (κ1) is 13.0. The normalized spacial score (nSPS) is 9.59. The van der Waals surface area contributed by atoms with Crippen molar-refractivity contribution < 1.29 is 19.1 Å². The Kier molecular flexibility index (Phi) is 4.51. The van der Waals surface area contributed by atoms with Crippen LogP contribution in [0.2, 0.25) is 0 Å². The number of hydrogen-bond acceptors (Lipinski definition) is 4. The SMILES string of the molecule is COc1cc(NC(C)=O)c(CC=O)c(OC)c1. The van der Waals surface area contributed by atoms with E-state index in [1.165, 1.54) is 21.1 Å². The van der Waals surface area contributed by atoms with Crippen LogP contribution >= 0.6 is 0 Å². The van der Waals surface area contributed by atoms with Crippen LogP contribution in [0, 0.1) is 0 Å². The van der Waals surface area contributed by atoms with Crippen LogP contribution in [0.1, 0.15) is 12.5 Å². The molecule has 1 aromatic carbocycles. The Bertz CT molecular complexity index is 429. The molecule has 0 heterocycles. The number of benzene rings is 1. The highest BCUT2D eigenvalue weighted by atomic mass is 16.5. The number of anilines is 1. The first-order chi connectivity index (χ1) is 8.12. The predicted molar refractivity (Wildman–Crippen MR) is 63.6 cm³/mol. The van der Waals surface area contributed by atoms with Gasteiger partial charge in [-0.1, -0.05) is 0 Å². The van der Waals surface area contributed by atoms with E-state index in [1.54, 1.807) is 12.1 Å². The van der Waals surface area contributed by atoms with Crippen molar-refractivity contribution in [1.29, 1.82) is 0 Å². The van der Waals surface area contributed by atoms with E-state index in [2.05, 4.69) is 5.32 Å². The molecule has 1 aromatic rings. The van der Waals surface area contributed by atoms with E-state index < -0.39 is 0 Å². The molecule has 0 aliphatic heterocycles. The van der Waals surface area contributed by atoms with Crippen LogP contribution in [-0.2, 0) is 16.0 Å². The second-order valence-electron chi connectivity index (χ2n) is 3.41. The van der Waals surface area contributed by atoms with Gasteiger partial charge in [-0.25, -0.2) is 0 Å². The van der Waals surface area contributed by atoms with Crippen LogP contribution in [0.4, 0.5) is 5.69 Å². The summed E-state index contributed by atoms with van der Waals surface area (Å²) in [6.45, 7) is 1.40. The van der Waals surface area contributed by atoms with Crippen LogP contribution in [0.25, 0.3) is 0 Å². The Labute approximate surface area is 99.7 Å². The third-order valence-electron chi connectivity index (χ3n) is 2.24. The summed E-state index contributed by atoms with van der Waals surface area (Å²) < 4.78 is 10.3. The second kappa shape index (κ2) is 5.89. The van der Waals surface area contributed by atoms with Gasteiger partial charge in [0.1, 0.15) is 17.8 Å². The van der Waals surface area contributed by atoms with Crippen LogP contribution < -0.4 is 14.8 Å². The fourth-order valence-corrected chi connectivity index (χ4v) is 1.52. The topological polar surface area (TPSA) is 64.6 Å². The molecule has 0 unspecified atom stereocenters. The highest BCUT2D eigenvalue weighted by molar-refractivity contribution is 5.91. The van der Waals surface area contributed by atoms with Crippen molar-refractivity contribution in [3.63, 3.8) is 0 Å². The minimum Gasteiger partial charge on any atom is -0.497 e. The molecule has 0 atom stereocenters. The molecule has 0 saturated carbocycles. The van der Waals surface area contributed by atoms with Gasteiger partial charge in [-0.2, -0.15) is 0 Å². The van der Waals surface area contributed by atoms with Crippen LogP contribution in [0.5, 0.6) is 11.5 Å². The first-order valence-electron chi connectivity index (χ1n) is 5.08. The number of ether oxygens (including phenoxy) is 2. The maximum atomic E-state index is 11.1. The van der Waals surface area contributed by atoms with Crippen LogP contribution in [0.15, 0.2) is 12.1 Å². The molecule has 1 amide bonds. The summed E-state index contributed by atoms with van der Waals surface area (Å²) in [4.78, 5) is 21.7. The van der Waals surface area contributed by atoms with Crippen LogP contribution in [-0.4, -0.2) is 26.4 Å². The van der Waals surface area contributed by atoms with Gasteiger partial charge in [-0.05, 0) is 0 Å². The van der Waals surface area contributed by atoms with Gasteiger partial charge in [0.15, 0.2) is 0 Å². The fourth-order valence-electron chi connectivity index (χ4n) is 1.52. The van der Waals surface area contributed by atoms with E-state index in [0.717, 1.165) is 6.29 Å². The summed E-state index contributed by atoms with van der Waals surface area (Å²) in [6.07, 6.45) is 0.929. The molecule has 1 N–H and O–H groups in total. The Hall–Kier alpha value is -2.04. The lowest BCUT2D eigenvalue weighted by molar-refractivity contribution is -0.114. The van der Waals surface area contributed by atoms with Crippen molar-refractivity contribution in [1.82, 2.24) is 0 Å². The monoisotopic (exact) mass is 237 g/mol. The third-order valence-corrected chi connectivity index (χ3v) is 2.24. The molecule has 0 saturated heterocycles. The van der Waals surface area contributed by atoms with Crippen molar-refractivity contribution in [2.75, 3.05) is 19.5 Å². The molecule has 0 radical (unpaired) electrons. The number of carbonyl (C=O) groups is 2. The van der Waals surface area contributed by atoms with Crippen molar-refractivity contribution in [2.45, 2.75) is 13.3 Å². The molecule has 0 aliphatic rings. The third kappa shape index (κ3) is 3.21. The molecular weight excluding hydrogens is 222 g/mol. The van der Waals surface area contributed by atoms with Crippen molar-refractivity contribution >= 4 is 17.9 Å². The van der Waals surface area contributed by atoms with Crippen molar-refractivity contribution in [2.24, 2.45) is 0 Å². The molecule has 5 heteroatoms. The number of aldehydes is 1. The molecule has 5 nitrogen and oxygen atoms in total. The number of methoxy groups -OCH3 is 2. The highest BCUT2D eigenvalue weighted by Gasteiger charge is 2.12. The van der Waals surface area contributed by atoms with Gasteiger partial charge in [0, 0.05) is 31.0 Å². The lowest BCUT2D eigenvalue weighted by Gasteiger charge is -2.14. The Morgan fingerprint density at radius 3 is 2.53 bits per heavy atom. The quantitative estimate of drug-likeness (QED) is 0.786. The zero-order valence-electron chi connectivity index (χ0n) is 10.1. The Balaban J connectivity index is 3.28. The van der Waals surface area contributed by atoms with E-state index in [1.807, 2.05) is 0 Å². The molecule has 0 spiro atoms. The largest absolute Gasteiger partial charge is 0.497 e. The van der Waals surface area contributed by atoms with E-state index in [0.29, 0.717) is 22.7 Å². The maximum Gasteiger partial charge on any atom is 0.221 e. The predicted octanol–water partition coefficient (Wildman–Crippen LogP) is 1.40. The Morgan fingerprint density at radius 1 is 1.35 bits per heavy atom. The molecule has 0 aromatic heterocycles. The van der Waals surface area contributed by atoms with E-state index >= 15 is 0 Å². The number of hydrogen-bond donors (Lipinski definition) is 1. The van der Waals surface area contributed by atoms with Gasteiger partial charge in [-0.15, -0.1) is 0 Å². The fraction of sp³-hybridized carbons (Fsp3) is 0.333. The summed E-state index contributed by atoms with van der Waals surface area (Å²) >= 11 is 0. The minimum absolute atomic E-state index is 0.169. The minimum atomic E-state index is -0.215. The number of amides is 1. The summed E-state index contributed by atoms with van der Waals surface area (Å²) in [7, 11) is 3.02. The van der Waals surface area contributed by atoms with Gasteiger partial charge in [0.2, 0.25) is 5.91 Å². The standard InChI is InChI=1S/C12H15NO4/c1-8(15)13-11-6-9(16-2)7-12(17-3)10(11)4-5-14/h5-7H,4H2,1-3H3,(H,13,15). The molecule has 1 rings (SSSR count). The van der Waals surface area contributed by atoms with Gasteiger partial charge in [-0.3, -0.25) is 4.79 Å². The number of nitrogens with one attached hydrogen (secondary N) is 1. The lowest BCUT2D eigenvalue weighted by Crippen LogP contribution is -2.09. The summed E-state index contributed by atoms with van der Waals surface area (Å²) in [5.41, 5.74) is 1.17. The highest BCUT2D eigenvalue weighted by Crippen LogP contribution is 2.32. The number of rotatable bonds is 5. The molecular formula is C12H15NO4. The Morgan fingerprint density at radius 2 is 2.06 bits per heavy atom.